The molecule has 1 saturated carbocycles. The van der Waals surface area contributed by atoms with E-state index >= 15 is 0 Å². The molecule has 1 rings (SSSR count). The fourth-order valence-electron chi connectivity index (χ4n) is 1.72. The molecule has 1 fully saturated rings. The summed E-state index contributed by atoms with van der Waals surface area (Å²) < 4.78 is 0. The van der Waals surface area contributed by atoms with E-state index in [1.807, 2.05) is 48.5 Å². The van der Waals surface area contributed by atoms with Crippen LogP contribution in [-0.4, -0.2) is 22.6 Å². The van der Waals surface area contributed by atoms with Crippen LogP contribution in [0.1, 0.15) is 67.7 Å². The number of carbonyl (C=O) groups excluding carboxylic acids is 1. The van der Waals surface area contributed by atoms with E-state index < -0.39 is 11.1 Å². The van der Waals surface area contributed by atoms with Gasteiger partial charge >= 0.3 is 5.97 Å². The van der Waals surface area contributed by atoms with Crippen molar-refractivity contribution in [1.29, 1.82) is 0 Å². The van der Waals surface area contributed by atoms with Crippen LogP contribution in [0.4, 0.5) is 0 Å². The second kappa shape index (κ2) is 5.80. The molecule has 5 nitrogen and oxygen atoms in total. The predicted molar refractivity (Wildman–Crippen MR) is 77.3 cm³/mol. The summed E-state index contributed by atoms with van der Waals surface area (Å²) in [6.45, 7) is 13.4. The predicted octanol–water partition coefficient (Wildman–Crippen LogP) is 4.07. The fraction of sp³-hybridized carbons (Fsp3) is 0.933. The molecule has 0 aromatic heterocycles. The maximum absolute atomic E-state index is 11.9. The van der Waals surface area contributed by atoms with Gasteiger partial charge in [0.25, 0.3) is 0 Å². The van der Waals surface area contributed by atoms with Crippen LogP contribution in [0.5, 0.6) is 0 Å². The van der Waals surface area contributed by atoms with Crippen LogP contribution < -0.4 is 0 Å². The van der Waals surface area contributed by atoms with Crippen molar-refractivity contribution in [3.05, 3.63) is 0 Å². The van der Waals surface area contributed by atoms with Gasteiger partial charge in [0.2, 0.25) is 0 Å². The highest BCUT2D eigenvalue weighted by Gasteiger charge is 2.44. The maximum Gasteiger partial charge on any atom is 0.344 e. The molecule has 1 unspecified atom stereocenters. The Morgan fingerprint density at radius 1 is 1.05 bits per heavy atom. The lowest BCUT2D eigenvalue weighted by molar-refractivity contribution is -0.321. The highest BCUT2D eigenvalue weighted by Crippen LogP contribution is 2.44. The Kier molecular flexibility index (Phi) is 4.95. The smallest absolute Gasteiger partial charge is 0.298 e. The van der Waals surface area contributed by atoms with E-state index in [2.05, 4.69) is 10.2 Å². The summed E-state index contributed by atoms with van der Waals surface area (Å²) in [4.78, 5) is 21.8. The van der Waals surface area contributed by atoms with Gasteiger partial charge < -0.3 is 0 Å². The van der Waals surface area contributed by atoms with E-state index in [9.17, 15) is 4.79 Å². The molecule has 1 aliphatic carbocycles. The summed E-state index contributed by atoms with van der Waals surface area (Å²) >= 11 is 0. The minimum atomic E-state index is -0.501. The van der Waals surface area contributed by atoms with Gasteiger partial charge in [-0.1, -0.05) is 0 Å². The van der Waals surface area contributed by atoms with E-state index in [1.54, 1.807) is 0 Å². The molecule has 116 valence electrons. The second-order valence-electron chi connectivity index (χ2n) is 7.83. The van der Waals surface area contributed by atoms with Crippen molar-refractivity contribution in [1.82, 2.24) is 0 Å². The third-order valence-electron chi connectivity index (χ3n) is 2.92. The first-order valence-electron chi connectivity index (χ1n) is 7.24. The highest BCUT2D eigenvalue weighted by atomic mass is 17.2. The number of nitrogens with zero attached hydrogens (tertiary/aromatic N) is 2. The number of carbonyl (C=O) groups is 1. The van der Waals surface area contributed by atoms with Gasteiger partial charge in [-0.15, -0.1) is 0 Å². The molecule has 0 aliphatic heterocycles. The van der Waals surface area contributed by atoms with E-state index in [1.165, 1.54) is 0 Å². The zero-order chi connectivity index (χ0) is 15.6. The molecule has 0 amide bonds. The molecular weight excluding hydrogens is 256 g/mol. The first kappa shape index (κ1) is 17.1. The second-order valence-corrected chi connectivity index (χ2v) is 7.83. The molecule has 0 aromatic rings. The van der Waals surface area contributed by atoms with Crippen LogP contribution in [0.15, 0.2) is 10.2 Å². The summed E-state index contributed by atoms with van der Waals surface area (Å²) in [6, 6.07) is 0. The summed E-state index contributed by atoms with van der Waals surface area (Å²) in [5, 5.41) is 8.77. The lowest BCUT2D eigenvalue weighted by Crippen LogP contribution is -2.31. The van der Waals surface area contributed by atoms with Gasteiger partial charge in [-0.3, -0.25) is 4.89 Å². The van der Waals surface area contributed by atoms with E-state index in [0.717, 1.165) is 12.8 Å². The minimum Gasteiger partial charge on any atom is -0.298 e. The summed E-state index contributed by atoms with van der Waals surface area (Å²) in [5.74, 6) is 0.0259. The number of azo groups is 1. The topological polar surface area (TPSA) is 60.2 Å². The molecule has 0 N–H and O–H groups in total. The third kappa shape index (κ3) is 6.46. The molecule has 0 bridgehead atoms. The van der Waals surface area contributed by atoms with Crippen LogP contribution in [0.25, 0.3) is 0 Å². The van der Waals surface area contributed by atoms with Gasteiger partial charge in [0.1, 0.15) is 5.60 Å². The first-order chi connectivity index (χ1) is 8.91. The molecule has 20 heavy (non-hydrogen) atoms. The van der Waals surface area contributed by atoms with Gasteiger partial charge in [0.05, 0.1) is 17.5 Å². The van der Waals surface area contributed by atoms with Crippen LogP contribution in [0.3, 0.4) is 0 Å². The molecular formula is C15H28N2O3. The quantitative estimate of drug-likeness (QED) is 0.434. The minimum absolute atomic E-state index is 0.202. The molecule has 0 heterocycles. The van der Waals surface area contributed by atoms with Crippen molar-refractivity contribution < 1.29 is 14.6 Å². The Bertz CT molecular complexity index is 376. The van der Waals surface area contributed by atoms with Gasteiger partial charge in [-0.05, 0) is 67.2 Å². The van der Waals surface area contributed by atoms with Gasteiger partial charge in [-0.2, -0.15) is 15.1 Å². The molecule has 1 atom stereocenters. The Labute approximate surface area is 122 Å². The van der Waals surface area contributed by atoms with E-state index in [-0.39, 0.29) is 17.9 Å². The van der Waals surface area contributed by atoms with E-state index in [4.69, 9.17) is 9.78 Å². The van der Waals surface area contributed by atoms with Crippen molar-refractivity contribution in [2.24, 2.45) is 16.1 Å². The van der Waals surface area contributed by atoms with Gasteiger partial charge in [0, 0.05) is 0 Å². The lowest BCUT2D eigenvalue weighted by Gasteiger charge is -2.25. The lowest BCUT2D eigenvalue weighted by atomic mass is 9.93. The van der Waals surface area contributed by atoms with Gasteiger partial charge in [-0.25, -0.2) is 4.79 Å². The molecule has 5 heteroatoms. The van der Waals surface area contributed by atoms with Crippen molar-refractivity contribution >= 4 is 5.97 Å². The Morgan fingerprint density at radius 3 is 2.00 bits per heavy atom. The normalized spacial score (nSPS) is 19.9. The average Bonchev–Trinajstić information content (AvgIpc) is 3.06. The zero-order valence-corrected chi connectivity index (χ0v) is 13.8. The number of rotatable bonds is 5. The third-order valence-corrected chi connectivity index (χ3v) is 2.92. The highest BCUT2D eigenvalue weighted by molar-refractivity contribution is 5.70. The Balaban J connectivity index is 2.63. The fourth-order valence-corrected chi connectivity index (χ4v) is 1.72. The first-order valence-corrected chi connectivity index (χ1v) is 7.24. The molecule has 1 aliphatic rings. The maximum atomic E-state index is 11.9. The zero-order valence-electron chi connectivity index (χ0n) is 13.8. The van der Waals surface area contributed by atoms with Crippen molar-refractivity contribution in [2.75, 3.05) is 0 Å². The molecule has 0 radical (unpaired) electrons. The monoisotopic (exact) mass is 284 g/mol. The number of hydrogen-bond donors (Lipinski definition) is 0. The Morgan fingerprint density at radius 2 is 1.60 bits per heavy atom. The SMILES string of the molecule is CC(C)(C)N=NC(C)(CC(=O)OOC(C)(C)C)C1CC1. The molecule has 0 saturated heterocycles. The van der Waals surface area contributed by atoms with Crippen LogP contribution in [-0.2, 0) is 14.6 Å². The van der Waals surface area contributed by atoms with Crippen molar-refractivity contribution in [3.63, 3.8) is 0 Å². The van der Waals surface area contributed by atoms with Crippen molar-refractivity contribution in [2.45, 2.75) is 84.4 Å². The van der Waals surface area contributed by atoms with Crippen molar-refractivity contribution in [3.8, 4) is 0 Å². The van der Waals surface area contributed by atoms with Crippen LogP contribution in [0, 0.1) is 5.92 Å². The summed E-state index contributed by atoms with van der Waals surface area (Å²) in [7, 11) is 0. The van der Waals surface area contributed by atoms with Gasteiger partial charge in [0.15, 0.2) is 0 Å². The molecule has 0 aromatic carbocycles. The Hall–Kier alpha value is -0.970. The standard InChI is InChI=1S/C15H28N2O3/c1-13(2,3)16-17-15(7,11-8-9-11)10-12(18)19-20-14(4,5)6/h11H,8-10H2,1-7H3. The largest absolute Gasteiger partial charge is 0.344 e. The molecule has 0 spiro atoms. The van der Waals surface area contributed by atoms with Crippen LogP contribution >= 0.6 is 0 Å². The van der Waals surface area contributed by atoms with Crippen LogP contribution in [0.2, 0.25) is 0 Å². The summed E-state index contributed by atoms with van der Waals surface area (Å²) in [5.41, 5.74) is -1.22. The summed E-state index contributed by atoms with van der Waals surface area (Å²) in [6.07, 6.45) is 2.38. The van der Waals surface area contributed by atoms with E-state index in [0.29, 0.717) is 5.92 Å². The number of hydrogen-bond acceptors (Lipinski definition) is 5. The average molecular weight is 284 g/mol.